The van der Waals surface area contributed by atoms with Crippen molar-refractivity contribution in [2.45, 2.75) is 19.8 Å². The second-order valence-electron chi connectivity index (χ2n) is 4.85. The van der Waals surface area contributed by atoms with E-state index in [0.717, 1.165) is 31.2 Å². The maximum atomic E-state index is 9.10. The van der Waals surface area contributed by atoms with Gasteiger partial charge >= 0.3 is 11.9 Å². The highest BCUT2D eigenvalue weighted by atomic mass is 16.5. The molecular formula is C17H27NO7. The Hall–Kier alpha value is -2.32. The van der Waals surface area contributed by atoms with E-state index < -0.39 is 11.9 Å². The zero-order valence-electron chi connectivity index (χ0n) is 14.7. The van der Waals surface area contributed by atoms with Crippen molar-refractivity contribution >= 4 is 11.9 Å². The maximum Gasteiger partial charge on any atom is 0.414 e. The number of methoxy groups -OCH3 is 1. The predicted octanol–water partition coefficient (Wildman–Crippen LogP) is 1.64. The van der Waals surface area contributed by atoms with Crippen LogP contribution in [0.4, 0.5) is 0 Å². The Kier molecular flexibility index (Phi) is 13.8. The van der Waals surface area contributed by atoms with Crippen molar-refractivity contribution in [3.63, 3.8) is 0 Å². The summed E-state index contributed by atoms with van der Waals surface area (Å²) >= 11 is 0. The summed E-state index contributed by atoms with van der Waals surface area (Å²) in [5, 5.41) is 18.1. The second-order valence-corrected chi connectivity index (χ2v) is 4.85. The number of hydrogen-bond acceptors (Lipinski definition) is 6. The van der Waals surface area contributed by atoms with Crippen molar-refractivity contribution in [2.75, 3.05) is 40.0 Å². The molecule has 1 aromatic carbocycles. The SMILES string of the molecule is CCCCNCCOCCOc1cccc(OC)c1.O=C(O)C(=O)O. The molecule has 0 amide bonds. The second kappa shape index (κ2) is 15.2. The van der Waals surface area contributed by atoms with Gasteiger partial charge in [-0.3, -0.25) is 0 Å². The Labute approximate surface area is 147 Å². The first-order valence-electron chi connectivity index (χ1n) is 8.02. The molecule has 8 nitrogen and oxygen atoms in total. The van der Waals surface area contributed by atoms with Crippen LogP contribution in [0, 0.1) is 0 Å². The number of carboxylic acids is 2. The number of carbonyl (C=O) groups is 2. The van der Waals surface area contributed by atoms with Crippen molar-refractivity contribution in [3.05, 3.63) is 24.3 Å². The van der Waals surface area contributed by atoms with Gasteiger partial charge in [0.1, 0.15) is 18.1 Å². The molecule has 1 rings (SSSR count). The van der Waals surface area contributed by atoms with Gasteiger partial charge in [0.15, 0.2) is 0 Å². The van der Waals surface area contributed by atoms with Crippen LogP contribution in [0.15, 0.2) is 24.3 Å². The lowest BCUT2D eigenvalue weighted by Crippen LogP contribution is -2.21. The summed E-state index contributed by atoms with van der Waals surface area (Å²) in [5.41, 5.74) is 0. The molecule has 0 saturated heterocycles. The predicted molar refractivity (Wildman–Crippen MR) is 92.4 cm³/mol. The molecular weight excluding hydrogens is 330 g/mol. The lowest BCUT2D eigenvalue weighted by Gasteiger charge is -2.08. The van der Waals surface area contributed by atoms with Gasteiger partial charge in [-0.2, -0.15) is 0 Å². The number of hydrogen-bond donors (Lipinski definition) is 3. The van der Waals surface area contributed by atoms with Crippen LogP contribution < -0.4 is 14.8 Å². The molecule has 0 spiro atoms. The van der Waals surface area contributed by atoms with Gasteiger partial charge in [-0.05, 0) is 25.1 Å². The first-order valence-corrected chi connectivity index (χ1v) is 8.02. The Morgan fingerprint density at radius 1 is 1.04 bits per heavy atom. The van der Waals surface area contributed by atoms with Crippen LogP contribution in [0.1, 0.15) is 19.8 Å². The maximum absolute atomic E-state index is 9.10. The molecule has 0 radical (unpaired) electrons. The average molecular weight is 357 g/mol. The topological polar surface area (TPSA) is 114 Å². The molecule has 0 aliphatic rings. The van der Waals surface area contributed by atoms with Gasteiger partial charge in [0, 0.05) is 12.6 Å². The van der Waals surface area contributed by atoms with Crippen LogP contribution in [0.3, 0.4) is 0 Å². The summed E-state index contributed by atoms with van der Waals surface area (Å²) in [6, 6.07) is 7.58. The lowest BCUT2D eigenvalue weighted by molar-refractivity contribution is -0.159. The molecule has 1 aromatic rings. The first kappa shape index (κ1) is 22.7. The number of ether oxygens (including phenoxy) is 3. The van der Waals surface area contributed by atoms with Crippen LogP contribution in [0.2, 0.25) is 0 Å². The Morgan fingerprint density at radius 2 is 1.72 bits per heavy atom. The average Bonchev–Trinajstić information content (AvgIpc) is 2.61. The summed E-state index contributed by atoms with van der Waals surface area (Å²) in [5.74, 6) is -2.03. The van der Waals surface area contributed by atoms with Crippen molar-refractivity contribution < 1.29 is 34.0 Å². The zero-order valence-corrected chi connectivity index (χ0v) is 14.7. The summed E-state index contributed by atoms with van der Waals surface area (Å²) in [7, 11) is 1.65. The molecule has 0 saturated carbocycles. The Morgan fingerprint density at radius 3 is 2.32 bits per heavy atom. The monoisotopic (exact) mass is 357 g/mol. The number of nitrogens with one attached hydrogen (secondary N) is 1. The third-order valence-electron chi connectivity index (χ3n) is 2.85. The van der Waals surface area contributed by atoms with E-state index in [4.69, 9.17) is 34.0 Å². The minimum absolute atomic E-state index is 0.558. The number of unbranched alkanes of at least 4 members (excludes halogenated alkanes) is 1. The number of rotatable bonds is 11. The number of carboxylic acid groups (broad SMARTS) is 2. The number of benzene rings is 1. The van der Waals surface area contributed by atoms with E-state index in [9.17, 15) is 0 Å². The smallest absolute Gasteiger partial charge is 0.414 e. The highest BCUT2D eigenvalue weighted by Gasteiger charge is 2.04. The zero-order chi connectivity index (χ0) is 18.9. The molecule has 142 valence electrons. The molecule has 0 aromatic heterocycles. The molecule has 0 atom stereocenters. The fraction of sp³-hybridized carbons (Fsp3) is 0.529. The molecule has 0 bridgehead atoms. The van der Waals surface area contributed by atoms with Gasteiger partial charge in [-0.25, -0.2) is 9.59 Å². The summed E-state index contributed by atoms with van der Waals surface area (Å²) in [6.07, 6.45) is 2.45. The van der Waals surface area contributed by atoms with Crippen LogP contribution in [-0.2, 0) is 14.3 Å². The summed E-state index contributed by atoms with van der Waals surface area (Å²) in [6.45, 7) is 6.05. The van der Waals surface area contributed by atoms with E-state index in [1.165, 1.54) is 12.8 Å². The molecule has 0 unspecified atom stereocenters. The first-order chi connectivity index (χ1) is 12.0. The third-order valence-corrected chi connectivity index (χ3v) is 2.85. The van der Waals surface area contributed by atoms with Crippen molar-refractivity contribution in [1.29, 1.82) is 0 Å². The van der Waals surface area contributed by atoms with Gasteiger partial charge in [-0.1, -0.05) is 19.4 Å². The van der Waals surface area contributed by atoms with Crippen molar-refractivity contribution in [1.82, 2.24) is 5.32 Å². The number of aliphatic carboxylic acids is 2. The van der Waals surface area contributed by atoms with Gasteiger partial charge in [0.2, 0.25) is 0 Å². The molecule has 3 N–H and O–H groups in total. The van der Waals surface area contributed by atoms with E-state index >= 15 is 0 Å². The standard InChI is InChI=1S/C15H25NO3.C2H2O4/c1-3-4-8-16-9-10-18-11-12-19-15-7-5-6-14(13-15)17-2;3-1(4)2(5)6/h5-7,13,16H,3-4,8-12H2,1-2H3;(H,3,4)(H,5,6). The van der Waals surface area contributed by atoms with Crippen LogP contribution in [0.25, 0.3) is 0 Å². The molecule has 8 heteroatoms. The van der Waals surface area contributed by atoms with Crippen LogP contribution >= 0.6 is 0 Å². The summed E-state index contributed by atoms with van der Waals surface area (Å²) < 4.78 is 16.2. The van der Waals surface area contributed by atoms with Crippen molar-refractivity contribution in [3.8, 4) is 11.5 Å². The van der Waals surface area contributed by atoms with Crippen LogP contribution in [-0.4, -0.2) is 62.2 Å². The minimum atomic E-state index is -1.82. The quantitative estimate of drug-likeness (QED) is 0.404. The molecule has 0 aliphatic heterocycles. The molecule has 0 aliphatic carbocycles. The van der Waals surface area contributed by atoms with E-state index in [1.807, 2.05) is 24.3 Å². The van der Waals surface area contributed by atoms with E-state index in [-0.39, 0.29) is 0 Å². The molecule has 25 heavy (non-hydrogen) atoms. The molecule has 0 heterocycles. The Balaban J connectivity index is 0.000000823. The van der Waals surface area contributed by atoms with Gasteiger partial charge in [0.25, 0.3) is 0 Å². The van der Waals surface area contributed by atoms with E-state index in [2.05, 4.69) is 12.2 Å². The highest BCUT2D eigenvalue weighted by molar-refractivity contribution is 6.27. The van der Waals surface area contributed by atoms with Gasteiger partial charge < -0.3 is 29.7 Å². The Bertz CT molecular complexity index is 482. The highest BCUT2D eigenvalue weighted by Crippen LogP contribution is 2.18. The molecule has 0 fully saturated rings. The van der Waals surface area contributed by atoms with Gasteiger partial charge in [0.05, 0.1) is 20.3 Å². The van der Waals surface area contributed by atoms with E-state index in [1.54, 1.807) is 7.11 Å². The third kappa shape index (κ3) is 13.8. The van der Waals surface area contributed by atoms with Crippen LogP contribution in [0.5, 0.6) is 11.5 Å². The fourth-order valence-corrected chi connectivity index (χ4v) is 1.58. The lowest BCUT2D eigenvalue weighted by atomic mass is 10.3. The van der Waals surface area contributed by atoms with Gasteiger partial charge in [-0.15, -0.1) is 0 Å². The van der Waals surface area contributed by atoms with Crippen molar-refractivity contribution in [2.24, 2.45) is 0 Å². The largest absolute Gasteiger partial charge is 0.497 e. The minimum Gasteiger partial charge on any atom is -0.497 e. The normalized spacial score (nSPS) is 9.68. The summed E-state index contributed by atoms with van der Waals surface area (Å²) in [4.78, 5) is 18.2. The fourth-order valence-electron chi connectivity index (χ4n) is 1.58. The van der Waals surface area contributed by atoms with E-state index in [0.29, 0.717) is 13.2 Å².